The zero-order chi connectivity index (χ0) is 12.3. The normalized spacial score (nSPS) is 14.8. The summed E-state index contributed by atoms with van der Waals surface area (Å²) >= 11 is 0. The van der Waals surface area contributed by atoms with Crippen molar-refractivity contribution in [2.75, 3.05) is 13.2 Å². The third-order valence-corrected chi connectivity index (χ3v) is 2.76. The number of hydrogen-bond acceptors (Lipinski definition) is 3. The second-order valence-electron chi connectivity index (χ2n) is 3.93. The van der Waals surface area contributed by atoms with Gasteiger partial charge in [0.05, 0.1) is 6.61 Å². The van der Waals surface area contributed by atoms with Crippen LogP contribution < -0.4 is 10.1 Å². The van der Waals surface area contributed by atoms with Crippen molar-refractivity contribution < 1.29 is 14.6 Å². The zero-order valence-electron chi connectivity index (χ0n) is 9.48. The van der Waals surface area contributed by atoms with Crippen LogP contribution in [0.15, 0.2) is 30.9 Å². The van der Waals surface area contributed by atoms with Gasteiger partial charge in [-0.25, -0.2) is 0 Å². The highest BCUT2D eigenvalue weighted by Crippen LogP contribution is 2.28. The van der Waals surface area contributed by atoms with E-state index < -0.39 is 12.0 Å². The summed E-state index contributed by atoms with van der Waals surface area (Å²) in [6.07, 6.45) is 2.49. The molecule has 2 N–H and O–H groups in total. The summed E-state index contributed by atoms with van der Waals surface area (Å²) in [6.45, 7) is 4.71. The third-order valence-electron chi connectivity index (χ3n) is 2.76. The van der Waals surface area contributed by atoms with Crippen LogP contribution in [0.3, 0.4) is 0 Å². The molecule has 1 aliphatic heterocycles. The molecule has 1 aromatic carbocycles. The number of hydrogen-bond donors (Lipinski definition) is 2. The fourth-order valence-electron chi connectivity index (χ4n) is 1.93. The van der Waals surface area contributed by atoms with Crippen molar-refractivity contribution in [2.24, 2.45) is 0 Å². The molecule has 4 nitrogen and oxygen atoms in total. The van der Waals surface area contributed by atoms with E-state index in [0.29, 0.717) is 13.2 Å². The Hall–Kier alpha value is -1.81. The fourth-order valence-corrected chi connectivity index (χ4v) is 1.93. The largest absolute Gasteiger partial charge is 0.493 e. The van der Waals surface area contributed by atoms with E-state index in [9.17, 15) is 9.90 Å². The van der Waals surface area contributed by atoms with Crippen molar-refractivity contribution in [3.05, 3.63) is 42.0 Å². The molecule has 0 saturated heterocycles. The standard InChI is InChI=1S/C13H15NO3/c1-2-6-14-12(13(15)16)10-3-4-11-9(8-10)5-7-17-11/h2-4,8,12,14H,1,5-7H2,(H,15,16). The molecule has 0 bridgehead atoms. The maximum atomic E-state index is 11.2. The van der Waals surface area contributed by atoms with E-state index in [2.05, 4.69) is 11.9 Å². The van der Waals surface area contributed by atoms with Crippen molar-refractivity contribution in [3.63, 3.8) is 0 Å². The van der Waals surface area contributed by atoms with Crippen LogP contribution in [0, 0.1) is 0 Å². The molecule has 1 unspecified atom stereocenters. The lowest BCUT2D eigenvalue weighted by atomic mass is 10.0. The van der Waals surface area contributed by atoms with Gasteiger partial charge in [0, 0.05) is 13.0 Å². The topological polar surface area (TPSA) is 58.6 Å². The van der Waals surface area contributed by atoms with Crippen LogP contribution in [0.4, 0.5) is 0 Å². The van der Waals surface area contributed by atoms with Gasteiger partial charge in [-0.1, -0.05) is 12.1 Å². The zero-order valence-corrected chi connectivity index (χ0v) is 9.48. The van der Waals surface area contributed by atoms with E-state index in [4.69, 9.17) is 4.74 Å². The minimum absolute atomic E-state index is 0.463. The summed E-state index contributed by atoms with van der Waals surface area (Å²) in [5.41, 5.74) is 1.83. The van der Waals surface area contributed by atoms with E-state index in [1.54, 1.807) is 12.1 Å². The first-order valence-corrected chi connectivity index (χ1v) is 5.55. The van der Waals surface area contributed by atoms with Gasteiger partial charge < -0.3 is 9.84 Å². The number of rotatable bonds is 5. The first kappa shape index (κ1) is 11.7. The van der Waals surface area contributed by atoms with E-state index in [0.717, 1.165) is 23.3 Å². The Labute approximate surface area is 99.9 Å². The molecule has 0 aromatic heterocycles. The van der Waals surface area contributed by atoms with Gasteiger partial charge in [-0.05, 0) is 23.3 Å². The van der Waals surface area contributed by atoms with Gasteiger partial charge in [0.2, 0.25) is 0 Å². The van der Waals surface area contributed by atoms with Gasteiger partial charge in [0.25, 0.3) is 0 Å². The maximum absolute atomic E-state index is 11.2. The molecule has 90 valence electrons. The Bertz CT molecular complexity index is 442. The molecule has 0 fully saturated rings. The number of nitrogens with one attached hydrogen (secondary N) is 1. The lowest BCUT2D eigenvalue weighted by Crippen LogP contribution is -2.28. The number of carbonyl (C=O) groups is 1. The molecule has 0 amide bonds. The van der Waals surface area contributed by atoms with Crippen molar-refractivity contribution in [3.8, 4) is 5.75 Å². The van der Waals surface area contributed by atoms with Crippen LogP contribution in [0.5, 0.6) is 5.75 Å². The molecule has 0 aliphatic carbocycles. The average Bonchev–Trinajstić information content (AvgIpc) is 2.76. The van der Waals surface area contributed by atoms with Gasteiger partial charge in [0.15, 0.2) is 0 Å². The van der Waals surface area contributed by atoms with Crippen LogP contribution in [-0.4, -0.2) is 24.2 Å². The minimum Gasteiger partial charge on any atom is -0.493 e. The summed E-state index contributed by atoms with van der Waals surface area (Å²) in [5, 5.41) is 12.1. The summed E-state index contributed by atoms with van der Waals surface area (Å²) in [5.74, 6) is -0.0210. The van der Waals surface area contributed by atoms with Crippen LogP contribution in [-0.2, 0) is 11.2 Å². The Kier molecular flexibility index (Phi) is 3.44. The van der Waals surface area contributed by atoms with Crippen LogP contribution >= 0.6 is 0 Å². The molecular weight excluding hydrogens is 218 g/mol. The number of aliphatic carboxylic acids is 1. The van der Waals surface area contributed by atoms with Crippen molar-refractivity contribution in [1.82, 2.24) is 5.32 Å². The van der Waals surface area contributed by atoms with Crippen molar-refractivity contribution in [2.45, 2.75) is 12.5 Å². The summed E-state index contributed by atoms with van der Waals surface area (Å²) in [6, 6.07) is 4.83. The number of fused-ring (bicyclic) bond motifs is 1. The fraction of sp³-hybridized carbons (Fsp3) is 0.308. The molecule has 4 heteroatoms. The van der Waals surface area contributed by atoms with Gasteiger partial charge >= 0.3 is 5.97 Å². The summed E-state index contributed by atoms with van der Waals surface area (Å²) in [4.78, 5) is 11.2. The van der Waals surface area contributed by atoms with Gasteiger partial charge in [-0.2, -0.15) is 0 Å². The molecule has 1 heterocycles. The molecule has 1 aromatic rings. The number of carboxylic acids is 1. The second kappa shape index (κ2) is 5.01. The molecule has 1 aliphatic rings. The monoisotopic (exact) mass is 233 g/mol. The first-order valence-electron chi connectivity index (χ1n) is 5.55. The predicted molar refractivity (Wildman–Crippen MR) is 64.2 cm³/mol. The molecule has 0 radical (unpaired) electrons. The molecule has 2 rings (SSSR count). The van der Waals surface area contributed by atoms with Crippen LogP contribution in [0.1, 0.15) is 17.2 Å². The smallest absolute Gasteiger partial charge is 0.325 e. The van der Waals surface area contributed by atoms with Crippen molar-refractivity contribution in [1.29, 1.82) is 0 Å². The Balaban J connectivity index is 2.23. The van der Waals surface area contributed by atoms with Crippen LogP contribution in [0.25, 0.3) is 0 Å². The summed E-state index contributed by atoms with van der Waals surface area (Å²) in [7, 11) is 0. The van der Waals surface area contributed by atoms with Gasteiger partial charge in [-0.3, -0.25) is 10.1 Å². The predicted octanol–water partition coefficient (Wildman–Crippen LogP) is 1.52. The average molecular weight is 233 g/mol. The first-order chi connectivity index (χ1) is 8.22. The Morgan fingerprint density at radius 2 is 2.47 bits per heavy atom. The quantitative estimate of drug-likeness (QED) is 0.757. The lowest BCUT2D eigenvalue weighted by molar-refractivity contribution is -0.139. The minimum atomic E-state index is -0.884. The molecule has 0 saturated carbocycles. The number of carboxylic acid groups (broad SMARTS) is 1. The van der Waals surface area contributed by atoms with Gasteiger partial charge in [-0.15, -0.1) is 6.58 Å². The Morgan fingerprint density at radius 1 is 1.65 bits per heavy atom. The highest BCUT2D eigenvalue weighted by atomic mass is 16.5. The van der Waals surface area contributed by atoms with E-state index >= 15 is 0 Å². The highest BCUT2D eigenvalue weighted by Gasteiger charge is 2.21. The SMILES string of the molecule is C=CCNC(C(=O)O)c1ccc2c(c1)CCO2. The van der Waals surface area contributed by atoms with E-state index in [1.807, 2.05) is 12.1 Å². The maximum Gasteiger partial charge on any atom is 0.325 e. The van der Waals surface area contributed by atoms with E-state index in [-0.39, 0.29) is 0 Å². The lowest BCUT2D eigenvalue weighted by Gasteiger charge is -2.14. The van der Waals surface area contributed by atoms with Crippen LogP contribution in [0.2, 0.25) is 0 Å². The third kappa shape index (κ3) is 2.47. The molecule has 0 spiro atoms. The molecular formula is C13H15NO3. The van der Waals surface area contributed by atoms with E-state index in [1.165, 1.54) is 0 Å². The number of ether oxygens (including phenoxy) is 1. The summed E-state index contributed by atoms with van der Waals surface area (Å²) < 4.78 is 5.39. The van der Waals surface area contributed by atoms with Gasteiger partial charge in [0.1, 0.15) is 11.8 Å². The highest BCUT2D eigenvalue weighted by molar-refractivity contribution is 5.75. The molecule has 17 heavy (non-hydrogen) atoms. The van der Waals surface area contributed by atoms with Crippen molar-refractivity contribution >= 4 is 5.97 Å². The second-order valence-corrected chi connectivity index (χ2v) is 3.93. The number of benzene rings is 1. The Morgan fingerprint density at radius 3 is 3.18 bits per heavy atom. The molecule has 1 atom stereocenters.